The van der Waals surface area contributed by atoms with Crippen LogP contribution in [0.15, 0.2) is 12.1 Å². The van der Waals surface area contributed by atoms with E-state index in [0.717, 1.165) is 18.7 Å². The molecule has 0 spiro atoms. The van der Waals surface area contributed by atoms with Gasteiger partial charge in [-0.2, -0.15) is 0 Å². The second-order valence-corrected chi connectivity index (χ2v) is 5.41. The van der Waals surface area contributed by atoms with Gasteiger partial charge in [0, 0.05) is 19.1 Å². The van der Waals surface area contributed by atoms with E-state index < -0.39 is 0 Å². The maximum absolute atomic E-state index is 6.17. The lowest BCUT2D eigenvalue weighted by atomic mass is 10.1. The molecule has 0 radical (unpaired) electrons. The van der Waals surface area contributed by atoms with Crippen LogP contribution in [0.3, 0.4) is 0 Å². The van der Waals surface area contributed by atoms with Crippen molar-refractivity contribution < 1.29 is 0 Å². The minimum absolute atomic E-state index is 0.150. The molecule has 17 heavy (non-hydrogen) atoms. The van der Waals surface area contributed by atoms with Crippen LogP contribution in [-0.4, -0.2) is 32.1 Å². The number of halogens is 3. The number of hydrogen-bond acceptors (Lipinski definition) is 2. The van der Waals surface area contributed by atoms with Gasteiger partial charge in [0.2, 0.25) is 0 Å². The molecule has 2 nitrogen and oxygen atoms in total. The van der Waals surface area contributed by atoms with Gasteiger partial charge in [0.1, 0.15) is 0 Å². The van der Waals surface area contributed by atoms with Crippen LogP contribution >= 0.6 is 34.8 Å². The average Bonchev–Trinajstić information content (AvgIpc) is 2.25. The summed E-state index contributed by atoms with van der Waals surface area (Å²) in [6.07, 6.45) is 0. The molecule has 96 valence electrons. The van der Waals surface area contributed by atoms with Gasteiger partial charge >= 0.3 is 0 Å². The Hall–Kier alpha value is 0.01000. The van der Waals surface area contributed by atoms with Crippen molar-refractivity contribution in [3.63, 3.8) is 0 Å². The van der Waals surface area contributed by atoms with Crippen molar-refractivity contribution in [2.75, 3.05) is 27.2 Å². The third-order valence-electron chi connectivity index (χ3n) is 2.54. The fourth-order valence-electron chi connectivity index (χ4n) is 1.49. The smallest absolute Gasteiger partial charge is 0.0781 e. The van der Waals surface area contributed by atoms with Crippen molar-refractivity contribution in [1.82, 2.24) is 10.2 Å². The van der Waals surface area contributed by atoms with Crippen molar-refractivity contribution in [3.8, 4) is 0 Å². The number of nitrogens with zero attached hydrogens (tertiary/aromatic N) is 1. The number of hydrogen-bond donors (Lipinski definition) is 1. The third kappa shape index (κ3) is 4.31. The van der Waals surface area contributed by atoms with E-state index >= 15 is 0 Å². The van der Waals surface area contributed by atoms with E-state index in [0.29, 0.717) is 15.1 Å². The molecule has 0 saturated carbocycles. The van der Waals surface area contributed by atoms with E-state index in [-0.39, 0.29) is 6.04 Å². The summed E-state index contributed by atoms with van der Waals surface area (Å²) in [5.74, 6) is 0. The number of likely N-dealkylation sites (N-methyl/N-ethyl adjacent to an activating group) is 1. The van der Waals surface area contributed by atoms with E-state index in [9.17, 15) is 0 Å². The summed E-state index contributed by atoms with van der Waals surface area (Å²) >= 11 is 18.1. The molecule has 0 aliphatic carbocycles. The molecule has 1 aromatic carbocycles. The Morgan fingerprint density at radius 3 is 2.41 bits per heavy atom. The van der Waals surface area contributed by atoms with E-state index in [4.69, 9.17) is 34.8 Å². The standard InChI is InChI=1S/C12H17Cl3N2/c1-8(16-6-7-17(2)3)9-4-5-10(13)12(15)11(9)14/h4-5,8,16H,6-7H2,1-3H3. The average molecular weight is 296 g/mol. The molecule has 1 unspecified atom stereocenters. The highest BCUT2D eigenvalue weighted by atomic mass is 35.5. The lowest BCUT2D eigenvalue weighted by molar-refractivity contribution is 0.389. The van der Waals surface area contributed by atoms with Crippen molar-refractivity contribution >= 4 is 34.8 Å². The van der Waals surface area contributed by atoms with Crippen LogP contribution in [0.5, 0.6) is 0 Å². The zero-order valence-corrected chi connectivity index (χ0v) is 12.5. The third-order valence-corrected chi connectivity index (χ3v) is 3.85. The summed E-state index contributed by atoms with van der Waals surface area (Å²) in [6, 6.07) is 3.83. The second kappa shape index (κ2) is 6.81. The summed E-state index contributed by atoms with van der Waals surface area (Å²) in [5, 5.41) is 4.83. The van der Waals surface area contributed by atoms with Gasteiger partial charge in [0.15, 0.2) is 0 Å². The molecule has 0 aromatic heterocycles. The van der Waals surface area contributed by atoms with Gasteiger partial charge in [-0.15, -0.1) is 0 Å². The molecule has 1 aromatic rings. The Morgan fingerprint density at radius 1 is 1.18 bits per heavy atom. The highest BCUT2D eigenvalue weighted by Crippen LogP contribution is 2.35. The fraction of sp³-hybridized carbons (Fsp3) is 0.500. The van der Waals surface area contributed by atoms with Crippen LogP contribution in [0, 0.1) is 0 Å². The first-order chi connectivity index (χ1) is 7.93. The van der Waals surface area contributed by atoms with E-state index in [2.05, 4.69) is 17.1 Å². The summed E-state index contributed by atoms with van der Waals surface area (Å²) in [6.45, 7) is 3.93. The van der Waals surface area contributed by atoms with E-state index in [1.807, 2.05) is 20.2 Å². The molecule has 0 amide bonds. The van der Waals surface area contributed by atoms with Gasteiger partial charge in [-0.25, -0.2) is 0 Å². The first-order valence-electron chi connectivity index (χ1n) is 5.45. The van der Waals surface area contributed by atoms with Crippen molar-refractivity contribution in [3.05, 3.63) is 32.8 Å². The Morgan fingerprint density at radius 2 is 1.82 bits per heavy atom. The summed E-state index contributed by atoms with van der Waals surface area (Å²) < 4.78 is 0. The molecule has 0 bridgehead atoms. The molecule has 0 heterocycles. The first-order valence-corrected chi connectivity index (χ1v) is 6.58. The van der Waals surface area contributed by atoms with Crippen LogP contribution in [0.1, 0.15) is 18.5 Å². The maximum atomic E-state index is 6.17. The van der Waals surface area contributed by atoms with Gasteiger partial charge in [-0.3, -0.25) is 0 Å². The van der Waals surface area contributed by atoms with Crippen LogP contribution in [0.2, 0.25) is 15.1 Å². The lowest BCUT2D eigenvalue weighted by Gasteiger charge is -2.18. The summed E-state index contributed by atoms with van der Waals surface area (Å²) in [5.41, 5.74) is 0.972. The number of nitrogens with one attached hydrogen (secondary N) is 1. The zero-order chi connectivity index (χ0) is 13.0. The van der Waals surface area contributed by atoms with Crippen molar-refractivity contribution in [1.29, 1.82) is 0 Å². The highest BCUT2D eigenvalue weighted by molar-refractivity contribution is 6.48. The van der Waals surface area contributed by atoms with Crippen LogP contribution in [-0.2, 0) is 0 Å². The maximum Gasteiger partial charge on any atom is 0.0781 e. The first kappa shape index (κ1) is 15.1. The Balaban J connectivity index is 2.69. The van der Waals surface area contributed by atoms with Gasteiger partial charge in [-0.05, 0) is 32.6 Å². The summed E-state index contributed by atoms with van der Waals surface area (Å²) in [7, 11) is 4.08. The fourth-order valence-corrected chi connectivity index (χ4v) is 2.20. The zero-order valence-electron chi connectivity index (χ0n) is 10.2. The minimum atomic E-state index is 0.150. The molecular formula is C12H17Cl3N2. The van der Waals surface area contributed by atoms with Gasteiger partial charge in [0.05, 0.1) is 15.1 Å². The molecule has 0 fully saturated rings. The van der Waals surface area contributed by atoms with E-state index in [1.165, 1.54) is 0 Å². The monoisotopic (exact) mass is 294 g/mol. The molecule has 1 rings (SSSR count). The summed E-state index contributed by atoms with van der Waals surface area (Å²) in [4.78, 5) is 2.12. The molecular weight excluding hydrogens is 279 g/mol. The van der Waals surface area contributed by atoms with Crippen LogP contribution < -0.4 is 5.32 Å². The van der Waals surface area contributed by atoms with Crippen molar-refractivity contribution in [2.45, 2.75) is 13.0 Å². The van der Waals surface area contributed by atoms with Crippen LogP contribution in [0.25, 0.3) is 0 Å². The Labute approximate surface area is 118 Å². The molecule has 1 N–H and O–H groups in total. The SMILES string of the molecule is CC(NCCN(C)C)c1ccc(Cl)c(Cl)c1Cl. The van der Waals surface area contributed by atoms with E-state index in [1.54, 1.807) is 6.07 Å². The molecule has 1 atom stereocenters. The number of rotatable bonds is 5. The van der Waals surface area contributed by atoms with Gasteiger partial charge < -0.3 is 10.2 Å². The molecule has 0 saturated heterocycles. The van der Waals surface area contributed by atoms with Crippen molar-refractivity contribution in [2.24, 2.45) is 0 Å². The van der Waals surface area contributed by atoms with Gasteiger partial charge in [0.25, 0.3) is 0 Å². The Kier molecular flexibility index (Phi) is 6.04. The topological polar surface area (TPSA) is 15.3 Å². The quantitative estimate of drug-likeness (QED) is 0.830. The minimum Gasteiger partial charge on any atom is -0.309 e. The molecule has 0 aliphatic rings. The van der Waals surface area contributed by atoms with Crippen LogP contribution in [0.4, 0.5) is 0 Å². The number of benzene rings is 1. The second-order valence-electron chi connectivity index (χ2n) is 4.24. The predicted octanol–water partition coefficient (Wildman–Crippen LogP) is 3.86. The Bertz CT molecular complexity index is 380. The highest BCUT2D eigenvalue weighted by Gasteiger charge is 2.13. The molecule has 5 heteroatoms. The normalized spacial score (nSPS) is 13.1. The molecule has 0 aliphatic heterocycles. The van der Waals surface area contributed by atoms with Gasteiger partial charge in [-0.1, -0.05) is 40.9 Å². The predicted molar refractivity (Wildman–Crippen MR) is 76.4 cm³/mol. The largest absolute Gasteiger partial charge is 0.309 e. The lowest BCUT2D eigenvalue weighted by Crippen LogP contribution is -2.28.